The molecule has 0 radical (unpaired) electrons. The van der Waals surface area contributed by atoms with Gasteiger partial charge in [-0.15, -0.1) is 0 Å². The zero-order valence-corrected chi connectivity index (χ0v) is 8.21. The van der Waals surface area contributed by atoms with E-state index in [-0.39, 0.29) is 0 Å². The number of rotatable bonds is 2. The fraction of sp³-hybridized carbons (Fsp3) is 0.500. The minimum absolute atomic E-state index is 0.969. The first-order valence-corrected chi connectivity index (χ1v) is 4.56. The Kier molecular flexibility index (Phi) is 3.71. The maximum absolute atomic E-state index is 4.23. The van der Waals surface area contributed by atoms with Crippen molar-refractivity contribution >= 4 is 5.84 Å². The van der Waals surface area contributed by atoms with Crippen molar-refractivity contribution < 1.29 is 0 Å². The van der Waals surface area contributed by atoms with Crippen molar-refractivity contribution in [2.45, 2.75) is 6.92 Å². The van der Waals surface area contributed by atoms with Gasteiger partial charge in [0.15, 0.2) is 0 Å². The lowest BCUT2D eigenvalue weighted by Crippen LogP contribution is -2.46. The van der Waals surface area contributed by atoms with Crippen LogP contribution in [0.4, 0.5) is 0 Å². The summed E-state index contributed by atoms with van der Waals surface area (Å²) in [4.78, 5) is 6.46. The molecular formula is C10H17N3. The summed E-state index contributed by atoms with van der Waals surface area (Å²) in [5.41, 5.74) is 1.00. The lowest BCUT2D eigenvalue weighted by Gasteiger charge is -2.30. The van der Waals surface area contributed by atoms with E-state index in [2.05, 4.69) is 28.4 Å². The third-order valence-corrected chi connectivity index (χ3v) is 2.01. The molecule has 1 N–H and O–H groups in total. The number of aliphatic imine (C=N–C) groups is 1. The lowest BCUT2D eigenvalue weighted by atomic mass is 10.2. The minimum atomic E-state index is 0.969. The zero-order valence-electron chi connectivity index (χ0n) is 8.21. The quantitative estimate of drug-likeness (QED) is 0.506. The standard InChI is InChI=1S/C10H17N3/c1-4-12-10(9(2)3)13-7-5-11-6-8-13/h4,11H,1-2,5-8H2,3H3. The van der Waals surface area contributed by atoms with Gasteiger partial charge in [-0.25, -0.2) is 4.99 Å². The third-order valence-electron chi connectivity index (χ3n) is 2.01. The normalized spacial score (nSPS) is 18.5. The van der Waals surface area contributed by atoms with Crippen LogP contribution in [0.15, 0.2) is 29.9 Å². The summed E-state index contributed by atoms with van der Waals surface area (Å²) in [6.45, 7) is 13.5. The molecule has 0 aromatic heterocycles. The van der Waals surface area contributed by atoms with Gasteiger partial charge in [0, 0.05) is 32.4 Å². The van der Waals surface area contributed by atoms with Crippen molar-refractivity contribution in [3.05, 3.63) is 24.9 Å². The molecule has 0 aromatic carbocycles. The van der Waals surface area contributed by atoms with Crippen LogP contribution in [0.2, 0.25) is 0 Å². The molecule has 72 valence electrons. The van der Waals surface area contributed by atoms with Crippen molar-refractivity contribution in [1.82, 2.24) is 10.2 Å². The molecule has 0 aromatic rings. The molecule has 3 heteroatoms. The highest BCUT2D eigenvalue weighted by atomic mass is 15.2. The number of nitrogens with zero attached hydrogens (tertiary/aromatic N) is 2. The minimum Gasteiger partial charge on any atom is -0.354 e. The van der Waals surface area contributed by atoms with E-state index in [0.717, 1.165) is 37.6 Å². The van der Waals surface area contributed by atoms with Crippen molar-refractivity contribution in [1.29, 1.82) is 0 Å². The molecule has 0 unspecified atom stereocenters. The molecule has 0 amide bonds. The SMILES string of the molecule is C=CN=C(C(=C)C)N1CCNCC1. The van der Waals surface area contributed by atoms with Crippen LogP contribution in [0.25, 0.3) is 0 Å². The van der Waals surface area contributed by atoms with Gasteiger partial charge >= 0.3 is 0 Å². The van der Waals surface area contributed by atoms with E-state index >= 15 is 0 Å². The monoisotopic (exact) mass is 179 g/mol. The van der Waals surface area contributed by atoms with Crippen molar-refractivity contribution in [3.8, 4) is 0 Å². The molecule has 0 saturated carbocycles. The molecule has 3 nitrogen and oxygen atoms in total. The highest BCUT2D eigenvalue weighted by molar-refractivity contribution is 5.97. The number of nitrogens with one attached hydrogen (secondary N) is 1. The largest absolute Gasteiger partial charge is 0.354 e. The summed E-state index contributed by atoms with van der Waals surface area (Å²) >= 11 is 0. The van der Waals surface area contributed by atoms with E-state index in [9.17, 15) is 0 Å². The molecule has 1 heterocycles. The smallest absolute Gasteiger partial charge is 0.130 e. The van der Waals surface area contributed by atoms with Crippen LogP contribution in [0.3, 0.4) is 0 Å². The molecule has 13 heavy (non-hydrogen) atoms. The topological polar surface area (TPSA) is 27.6 Å². The highest BCUT2D eigenvalue weighted by Gasteiger charge is 2.13. The molecular weight excluding hydrogens is 162 g/mol. The molecule has 0 bridgehead atoms. The van der Waals surface area contributed by atoms with Crippen molar-refractivity contribution in [3.63, 3.8) is 0 Å². The first kappa shape index (κ1) is 9.99. The molecule has 0 aliphatic carbocycles. The van der Waals surface area contributed by atoms with Gasteiger partial charge in [-0.3, -0.25) is 0 Å². The van der Waals surface area contributed by atoms with E-state index in [1.807, 2.05) is 6.92 Å². The summed E-state index contributed by atoms with van der Waals surface area (Å²) in [6.07, 6.45) is 1.58. The Balaban J connectivity index is 2.68. The fourth-order valence-electron chi connectivity index (χ4n) is 1.42. The van der Waals surface area contributed by atoms with Gasteiger partial charge in [-0.1, -0.05) is 13.2 Å². The molecule has 1 aliphatic rings. The van der Waals surface area contributed by atoms with Gasteiger partial charge in [0.1, 0.15) is 5.84 Å². The second kappa shape index (κ2) is 4.82. The van der Waals surface area contributed by atoms with Crippen molar-refractivity contribution in [2.75, 3.05) is 26.2 Å². The van der Waals surface area contributed by atoms with E-state index in [0.29, 0.717) is 0 Å². The maximum Gasteiger partial charge on any atom is 0.130 e. The Labute approximate surface area is 79.8 Å². The summed E-state index contributed by atoms with van der Waals surface area (Å²) in [5, 5.41) is 3.30. The first-order valence-electron chi connectivity index (χ1n) is 4.56. The van der Waals surface area contributed by atoms with E-state index < -0.39 is 0 Å². The Morgan fingerprint density at radius 1 is 1.46 bits per heavy atom. The van der Waals surface area contributed by atoms with Crippen LogP contribution in [0.5, 0.6) is 0 Å². The van der Waals surface area contributed by atoms with Gasteiger partial charge in [0.25, 0.3) is 0 Å². The fourth-order valence-corrected chi connectivity index (χ4v) is 1.42. The van der Waals surface area contributed by atoms with Crippen LogP contribution < -0.4 is 5.32 Å². The van der Waals surface area contributed by atoms with Gasteiger partial charge in [0.2, 0.25) is 0 Å². The average Bonchev–Trinajstić information content (AvgIpc) is 2.15. The Hall–Kier alpha value is -1.09. The van der Waals surface area contributed by atoms with Gasteiger partial charge in [-0.05, 0) is 12.5 Å². The van der Waals surface area contributed by atoms with Gasteiger partial charge < -0.3 is 10.2 Å². The predicted molar refractivity (Wildman–Crippen MR) is 56.9 cm³/mol. The van der Waals surface area contributed by atoms with E-state index in [4.69, 9.17) is 0 Å². The second-order valence-corrected chi connectivity index (χ2v) is 3.15. The Morgan fingerprint density at radius 3 is 2.54 bits per heavy atom. The summed E-state index contributed by atoms with van der Waals surface area (Å²) < 4.78 is 0. The number of hydrogen-bond acceptors (Lipinski definition) is 2. The van der Waals surface area contributed by atoms with Crippen molar-refractivity contribution in [2.24, 2.45) is 4.99 Å². The van der Waals surface area contributed by atoms with Gasteiger partial charge in [-0.2, -0.15) is 0 Å². The van der Waals surface area contributed by atoms with Gasteiger partial charge in [0.05, 0.1) is 0 Å². The molecule has 0 spiro atoms. The number of piperazine rings is 1. The third kappa shape index (κ3) is 2.70. The van der Waals surface area contributed by atoms with Crippen LogP contribution in [-0.4, -0.2) is 36.9 Å². The van der Waals surface area contributed by atoms with E-state index in [1.165, 1.54) is 0 Å². The number of hydrogen-bond donors (Lipinski definition) is 1. The second-order valence-electron chi connectivity index (χ2n) is 3.15. The summed E-state index contributed by atoms with van der Waals surface area (Å²) in [7, 11) is 0. The molecule has 1 rings (SSSR count). The average molecular weight is 179 g/mol. The Morgan fingerprint density at radius 2 is 2.08 bits per heavy atom. The van der Waals surface area contributed by atoms with Crippen LogP contribution in [-0.2, 0) is 0 Å². The lowest BCUT2D eigenvalue weighted by molar-refractivity contribution is 0.357. The summed E-state index contributed by atoms with van der Waals surface area (Å²) in [6, 6.07) is 0. The summed E-state index contributed by atoms with van der Waals surface area (Å²) in [5.74, 6) is 0.969. The van der Waals surface area contributed by atoms with Crippen LogP contribution >= 0.6 is 0 Å². The molecule has 1 fully saturated rings. The first-order chi connectivity index (χ1) is 6.25. The Bertz CT molecular complexity index is 224. The molecule has 1 aliphatic heterocycles. The zero-order chi connectivity index (χ0) is 9.68. The number of amidine groups is 1. The van der Waals surface area contributed by atoms with Crippen LogP contribution in [0, 0.1) is 0 Å². The molecule has 1 saturated heterocycles. The predicted octanol–water partition coefficient (Wildman–Crippen LogP) is 1.01. The maximum atomic E-state index is 4.23. The highest BCUT2D eigenvalue weighted by Crippen LogP contribution is 2.03. The van der Waals surface area contributed by atoms with E-state index in [1.54, 1.807) is 6.20 Å². The molecule has 0 atom stereocenters. The van der Waals surface area contributed by atoms with Crippen LogP contribution in [0.1, 0.15) is 6.92 Å².